The van der Waals surface area contributed by atoms with Gasteiger partial charge in [0.2, 0.25) is 0 Å². The normalized spacial score (nSPS) is 10.3. The third-order valence-corrected chi connectivity index (χ3v) is 3.55. The third-order valence-electron chi connectivity index (χ3n) is 2.60. The van der Waals surface area contributed by atoms with E-state index in [9.17, 15) is 0 Å². The summed E-state index contributed by atoms with van der Waals surface area (Å²) >= 11 is 1.36. The molecule has 0 saturated carbocycles. The van der Waals surface area contributed by atoms with Crippen LogP contribution in [0.25, 0.3) is 10.6 Å². The second-order valence-electron chi connectivity index (χ2n) is 4.71. The first-order valence-corrected chi connectivity index (χ1v) is 7.12. The maximum atomic E-state index is 8.84. The lowest BCUT2D eigenvalue weighted by Gasteiger charge is -2.13. The molecule has 0 unspecified atom stereocenters. The van der Waals surface area contributed by atoms with Gasteiger partial charge in [0, 0.05) is 5.56 Å². The number of ether oxygens (including phenoxy) is 2. The van der Waals surface area contributed by atoms with Gasteiger partial charge in [0.1, 0.15) is 16.0 Å². The lowest BCUT2D eigenvalue weighted by Crippen LogP contribution is -2.05. The van der Waals surface area contributed by atoms with Crippen LogP contribution in [0.2, 0.25) is 0 Å². The van der Waals surface area contributed by atoms with Crippen molar-refractivity contribution in [1.29, 1.82) is 5.26 Å². The average molecular weight is 288 g/mol. The summed E-state index contributed by atoms with van der Waals surface area (Å²) in [6.45, 7) is 4.84. The quantitative estimate of drug-likeness (QED) is 0.841. The van der Waals surface area contributed by atoms with E-state index in [0.29, 0.717) is 23.2 Å². The third kappa shape index (κ3) is 3.28. The van der Waals surface area contributed by atoms with E-state index < -0.39 is 0 Å². The molecular weight excluding hydrogens is 272 g/mol. The zero-order valence-corrected chi connectivity index (χ0v) is 12.5. The van der Waals surface area contributed by atoms with Crippen molar-refractivity contribution in [2.45, 2.75) is 13.8 Å². The van der Waals surface area contributed by atoms with E-state index in [2.05, 4.69) is 24.9 Å². The number of rotatable bonds is 5. The predicted molar refractivity (Wildman–Crippen MR) is 79.2 cm³/mol. The van der Waals surface area contributed by atoms with Crippen LogP contribution in [0.15, 0.2) is 24.4 Å². The summed E-state index contributed by atoms with van der Waals surface area (Å²) in [4.78, 5) is 4.83. The molecule has 1 aromatic heterocycles. The van der Waals surface area contributed by atoms with Crippen LogP contribution < -0.4 is 9.47 Å². The number of methoxy groups -OCH3 is 1. The Morgan fingerprint density at radius 1 is 1.35 bits per heavy atom. The van der Waals surface area contributed by atoms with Crippen LogP contribution in [0.1, 0.15) is 18.7 Å². The topological polar surface area (TPSA) is 55.1 Å². The smallest absolute Gasteiger partial charge is 0.161 e. The number of nitriles is 1. The fourth-order valence-corrected chi connectivity index (χ4v) is 2.35. The Morgan fingerprint density at radius 3 is 2.75 bits per heavy atom. The molecule has 0 fully saturated rings. The summed E-state index contributed by atoms with van der Waals surface area (Å²) in [6.07, 6.45) is 1.58. The van der Waals surface area contributed by atoms with E-state index in [0.717, 1.165) is 16.3 Å². The van der Waals surface area contributed by atoms with Crippen LogP contribution in [0.3, 0.4) is 0 Å². The Hall–Kier alpha value is -2.06. The average Bonchev–Trinajstić information content (AvgIpc) is 2.93. The van der Waals surface area contributed by atoms with Gasteiger partial charge in [0.25, 0.3) is 0 Å². The van der Waals surface area contributed by atoms with Gasteiger partial charge in [-0.3, -0.25) is 0 Å². The molecule has 0 N–H and O–H groups in total. The summed E-state index contributed by atoms with van der Waals surface area (Å²) in [5.41, 5.74) is 0.922. The number of thiazole rings is 1. The van der Waals surface area contributed by atoms with Crippen molar-refractivity contribution in [3.05, 3.63) is 29.3 Å². The van der Waals surface area contributed by atoms with Crippen LogP contribution >= 0.6 is 11.3 Å². The summed E-state index contributed by atoms with van der Waals surface area (Å²) < 4.78 is 11.1. The Kier molecular flexibility index (Phi) is 4.59. The molecule has 0 radical (unpaired) electrons. The minimum Gasteiger partial charge on any atom is -0.493 e. The van der Waals surface area contributed by atoms with Crippen molar-refractivity contribution < 1.29 is 9.47 Å². The maximum Gasteiger partial charge on any atom is 0.161 e. The van der Waals surface area contributed by atoms with E-state index in [1.807, 2.05) is 18.2 Å². The molecule has 0 spiro atoms. The van der Waals surface area contributed by atoms with Crippen molar-refractivity contribution in [2.24, 2.45) is 5.92 Å². The number of aromatic nitrogens is 1. The van der Waals surface area contributed by atoms with Crippen molar-refractivity contribution in [3.63, 3.8) is 0 Å². The van der Waals surface area contributed by atoms with E-state index in [4.69, 9.17) is 14.7 Å². The molecule has 0 atom stereocenters. The minimum absolute atomic E-state index is 0.455. The van der Waals surface area contributed by atoms with Gasteiger partial charge < -0.3 is 9.47 Å². The summed E-state index contributed by atoms with van der Waals surface area (Å²) in [7, 11) is 1.61. The van der Waals surface area contributed by atoms with E-state index in [1.165, 1.54) is 11.3 Å². The fourth-order valence-electron chi connectivity index (χ4n) is 1.64. The highest BCUT2D eigenvalue weighted by molar-refractivity contribution is 7.15. The highest BCUT2D eigenvalue weighted by atomic mass is 32.1. The largest absolute Gasteiger partial charge is 0.493 e. The molecule has 0 aliphatic carbocycles. The first-order chi connectivity index (χ1) is 9.63. The van der Waals surface area contributed by atoms with Crippen molar-refractivity contribution in [1.82, 2.24) is 4.98 Å². The second-order valence-corrected chi connectivity index (χ2v) is 5.74. The Bertz CT molecular complexity index is 629. The molecule has 0 amide bonds. The van der Waals surface area contributed by atoms with Gasteiger partial charge in [0.05, 0.1) is 19.9 Å². The highest BCUT2D eigenvalue weighted by Gasteiger charge is 2.10. The standard InChI is InChI=1S/C15H16N2O2S/c1-10(2)9-19-13-5-4-11(6-14(13)18-3)15-17-8-12(7-16)20-15/h4-6,8,10H,9H2,1-3H3. The molecule has 104 valence electrons. The van der Waals surface area contributed by atoms with E-state index in [-0.39, 0.29) is 0 Å². The molecule has 0 aliphatic heterocycles. The molecule has 0 aliphatic rings. The molecule has 20 heavy (non-hydrogen) atoms. The Morgan fingerprint density at radius 2 is 2.15 bits per heavy atom. The maximum absolute atomic E-state index is 8.84. The zero-order chi connectivity index (χ0) is 14.5. The second kappa shape index (κ2) is 6.40. The van der Waals surface area contributed by atoms with Crippen LogP contribution in [0.4, 0.5) is 0 Å². The van der Waals surface area contributed by atoms with E-state index >= 15 is 0 Å². The number of hydrogen-bond acceptors (Lipinski definition) is 5. The highest BCUT2D eigenvalue weighted by Crippen LogP contribution is 2.34. The first kappa shape index (κ1) is 14.4. The SMILES string of the molecule is COc1cc(-c2ncc(C#N)s2)ccc1OCC(C)C. The molecule has 5 heteroatoms. The van der Waals surface area contributed by atoms with E-state index in [1.54, 1.807) is 13.3 Å². The van der Waals surface area contributed by atoms with Crippen LogP contribution in [0, 0.1) is 17.2 Å². The van der Waals surface area contributed by atoms with Gasteiger partial charge in [-0.25, -0.2) is 4.98 Å². The zero-order valence-electron chi connectivity index (χ0n) is 11.7. The molecule has 2 rings (SSSR count). The van der Waals surface area contributed by atoms with Gasteiger partial charge in [-0.15, -0.1) is 11.3 Å². The molecule has 1 heterocycles. The lowest BCUT2D eigenvalue weighted by atomic mass is 10.2. The molecule has 0 saturated heterocycles. The fraction of sp³-hybridized carbons (Fsp3) is 0.333. The molecule has 2 aromatic rings. The first-order valence-electron chi connectivity index (χ1n) is 6.31. The van der Waals surface area contributed by atoms with Crippen molar-refractivity contribution in [3.8, 4) is 28.1 Å². The summed E-state index contributed by atoms with van der Waals surface area (Å²) in [5, 5.41) is 9.64. The number of benzene rings is 1. The van der Waals surface area contributed by atoms with Gasteiger partial charge in [-0.05, 0) is 24.1 Å². The van der Waals surface area contributed by atoms with Gasteiger partial charge in [0.15, 0.2) is 11.5 Å². The van der Waals surface area contributed by atoms with Crippen LogP contribution in [-0.4, -0.2) is 18.7 Å². The van der Waals surface area contributed by atoms with Crippen molar-refractivity contribution >= 4 is 11.3 Å². The minimum atomic E-state index is 0.455. The summed E-state index contributed by atoms with van der Waals surface area (Å²) in [6, 6.07) is 7.78. The van der Waals surface area contributed by atoms with Crippen molar-refractivity contribution in [2.75, 3.05) is 13.7 Å². The molecular formula is C15H16N2O2S. The Labute approximate surface area is 122 Å². The molecule has 1 aromatic carbocycles. The van der Waals surface area contributed by atoms with Gasteiger partial charge in [-0.1, -0.05) is 13.8 Å². The number of nitrogens with zero attached hydrogens (tertiary/aromatic N) is 2. The number of hydrogen-bond donors (Lipinski definition) is 0. The predicted octanol–water partition coefficient (Wildman–Crippen LogP) is 3.73. The monoisotopic (exact) mass is 288 g/mol. The molecule has 0 bridgehead atoms. The van der Waals surface area contributed by atoms with Gasteiger partial charge in [-0.2, -0.15) is 5.26 Å². The molecule has 4 nitrogen and oxygen atoms in total. The van der Waals surface area contributed by atoms with Gasteiger partial charge >= 0.3 is 0 Å². The van der Waals surface area contributed by atoms with Crippen LogP contribution in [0.5, 0.6) is 11.5 Å². The Balaban J connectivity index is 2.27. The van der Waals surface area contributed by atoms with Crippen LogP contribution in [-0.2, 0) is 0 Å². The summed E-state index contributed by atoms with van der Waals surface area (Å²) in [5.74, 6) is 1.86. The lowest BCUT2D eigenvalue weighted by molar-refractivity contribution is 0.257.